The molecule has 1 heterocycles. The van der Waals surface area contributed by atoms with Crippen molar-refractivity contribution in [2.75, 3.05) is 11.9 Å². The summed E-state index contributed by atoms with van der Waals surface area (Å²) in [5, 5.41) is 10.4. The molecule has 3 heteroatoms. The lowest BCUT2D eigenvalue weighted by atomic mass is 9.85. The molecule has 1 aromatic carbocycles. The van der Waals surface area contributed by atoms with E-state index in [1.165, 1.54) is 32.1 Å². The maximum absolute atomic E-state index is 11.7. The zero-order chi connectivity index (χ0) is 14.8. The first-order valence-electron chi connectivity index (χ1n) is 8.22. The predicted octanol–water partition coefficient (Wildman–Crippen LogP) is 3.60. The summed E-state index contributed by atoms with van der Waals surface area (Å²) in [4.78, 5) is 13.4. The first-order chi connectivity index (χ1) is 10.1. The SMILES string of the molecule is CN1C(=O)Cc2cc(C(O)CCC3CCCCC3)ccc21. The number of likely N-dealkylation sites (N-methyl/N-ethyl adjacent to an activating group) is 1. The molecule has 1 atom stereocenters. The standard InChI is InChI=1S/C18H25NO2/c1-19-16-9-8-14(11-15(16)12-18(19)21)17(20)10-7-13-5-3-2-4-6-13/h8-9,11,13,17,20H,2-7,10,12H2,1H3. The molecular weight excluding hydrogens is 262 g/mol. The second kappa shape index (κ2) is 6.18. The summed E-state index contributed by atoms with van der Waals surface area (Å²) in [7, 11) is 1.81. The molecule has 0 radical (unpaired) electrons. The minimum absolute atomic E-state index is 0.138. The lowest BCUT2D eigenvalue weighted by molar-refractivity contribution is -0.117. The van der Waals surface area contributed by atoms with Gasteiger partial charge in [0.25, 0.3) is 0 Å². The Hall–Kier alpha value is -1.35. The summed E-state index contributed by atoms with van der Waals surface area (Å²) < 4.78 is 0. The monoisotopic (exact) mass is 287 g/mol. The number of fused-ring (bicyclic) bond motifs is 1. The van der Waals surface area contributed by atoms with Crippen LogP contribution >= 0.6 is 0 Å². The molecule has 1 unspecified atom stereocenters. The van der Waals surface area contributed by atoms with Crippen molar-refractivity contribution in [3.05, 3.63) is 29.3 Å². The zero-order valence-corrected chi connectivity index (χ0v) is 12.8. The topological polar surface area (TPSA) is 40.5 Å². The number of benzene rings is 1. The quantitative estimate of drug-likeness (QED) is 0.919. The van der Waals surface area contributed by atoms with E-state index in [-0.39, 0.29) is 5.91 Å². The van der Waals surface area contributed by atoms with E-state index in [2.05, 4.69) is 0 Å². The van der Waals surface area contributed by atoms with Crippen LogP contribution < -0.4 is 4.90 Å². The van der Waals surface area contributed by atoms with Gasteiger partial charge in [0.15, 0.2) is 0 Å². The normalized spacial score (nSPS) is 20.7. The van der Waals surface area contributed by atoms with Crippen LogP contribution in [0.3, 0.4) is 0 Å². The fourth-order valence-electron chi connectivity index (χ4n) is 3.73. The highest BCUT2D eigenvalue weighted by Crippen LogP contribution is 2.33. The minimum Gasteiger partial charge on any atom is -0.388 e. The van der Waals surface area contributed by atoms with E-state index in [4.69, 9.17) is 0 Å². The first-order valence-corrected chi connectivity index (χ1v) is 8.22. The highest BCUT2D eigenvalue weighted by molar-refractivity contribution is 6.00. The molecule has 114 valence electrons. The molecule has 0 saturated heterocycles. The lowest BCUT2D eigenvalue weighted by Gasteiger charge is -2.23. The fraction of sp³-hybridized carbons (Fsp3) is 0.611. The minimum atomic E-state index is -0.391. The van der Waals surface area contributed by atoms with Gasteiger partial charge in [0, 0.05) is 12.7 Å². The molecule has 1 fully saturated rings. The molecule has 21 heavy (non-hydrogen) atoms. The second-order valence-corrected chi connectivity index (χ2v) is 6.61. The number of rotatable bonds is 4. The molecule has 1 aliphatic heterocycles. The van der Waals surface area contributed by atoms with E-state index >= 15 is 0 Å². The largest absolute Gasteiger partial charge is 0.388 e. The average molecular weight is 287 g/mol. The van der Waals surface area contributed by atoms with Crippen molar-refractivity contribution in [1.82, 2.24) is 0 Å². The van der Waals surface area contributed by atoms with E-state index in [0.717, 1.165) is 35.6 Å². The van der Waals surface area contributed by atoms with Gasteiger partial charge >= 0.3 is 0 Å². The van der Waals surface area contributed by atoms with Crippen LogP contribution in [0.4, 0.5) is 5.69 Å². The number of amides is 1. The summed E-state index contributed by atoms with van der Waals surface area (Å²) in [6, 6.07) is 5.96. The smallest absolute Gasteiger partial charge is 0.231 e. The maximum Gasteiger partial charge on any atom is 0.231 e. The van der Waals surface area contributed by atoms with Gasteiger partial charge in [0.2, 0.25) is 5.91 Å². The van der Waals surface area contributed by atoms with Gasteiger partial charge in [-0.3, -0.25) is 4.79 Å². The Morgan fingerprint density at radius 3 is 2.81 bits per heavy atom. The van der Waals surface area contributed by atoms with Gasteiger partial charge < -0.3 is 10.0 Å². The summed E-state index contributed by atoms with van der Waals surface area (Å²) in [5.41, 5.74) is 3.01. The average Bonchev–Trinajstić information content (AvgIpc) is 2.80. The first kappa shape index (κ1) is 14.6. The number of carbonyl (C=O) groups excluding carboxylic acids is 1. The van der Waals surface area contributed by atoms with Crippen LogP contribution in [0, 0.1) is 5.92 Å². The number of aliphatic hydroxyl groups excluding tert-OH is 1. The van der Waals surface area contributed by atoms with Gasteiger partial charge in [0.1, 0.15) is 0 Å². The van der Waals surface area contributed by atoms with Gasteiger partial charge in [-0.25, -0.2) is 0 Å². The molecule has 0 spiro atoms. The molecule has 1 aliphatic carbocycles. The third kappa shape index (κ3) is 3.13. The van der Waals surface area contributed by atoms with Crippen LogP contribution in [-0.4, -0.2) is 18.1 Å². The van der Waals surface area contributed by atoms with Crippen molar-refractivity contribution in [1.29, 1.82) is 0 Å². The Morgan fingerprint density at radius 2 is 2.05 bits per heavy atom. The van der Waals surface area contributed by atoms with Crippen molar-refractivity contribution >= 4 is 11.6 Å². The third-order valence-electron chi connectivity index (χ3n) is 5.14. The highest BCUT2D eigenvalue weighted by Gasteiger charge is 2.25. The Balaban J connectivity index is 1.61. The van der Waals surface area contributed by atoms with Gasteiger partial charge in [-0.05, 0) is 36.0 Å². The van der Waals surface area contributed by atoms with E-state index in [1.807, 2.05) is 25.2 Å². The molecular formula is C18H25NO2. The number of carbonyl (C=O) groups is 1. The van der Waals surface area contributed by atoms with Crippen LogP contribution in [0.1, 0.15) is 62.2 Å². The van der Waals surface area contributed by atoms with Crippen LogP contribution in [0.5, 0.6) is 0 Å². The van der Waals surface area contributed by atoms with Crippen LogP contribution in [-0.2, 0) is 11.2 Å². The van der Waals surface area contributed by atoms with E-state index in [1.54, 1.807) is 4.90 Å². The molecule has 1 N–H and O–H groups in total. The van der Waals surface area contributed by atoms with Gasteiger partial charge in [0.05, 0.1) is 12.5 Å². The van der Waals surface area contributed by atoms with E-state index < -0.39 is 6.10 Å². The van der Waals surface area contributed by atoms with Gasteiger partial charge in [-0.2, -0.15) is 0 Å². The van der Waals surface area contributed by atoms with Crippen LogP contribution in [0.2, 0.25) is 0 Å². The number of hydrogen-bond acceptors (Lipinski definition) is 2. The van der Waals surface area contributed by atoms with Crippen molar-refractivity contribution in [2.45, 2.75) is 57.5 Å². The Labute approximate surface area is 127 Å². The number of aliphatic hydroxyl groups is 1. The van der Waals surface area contributed by atoms with Crippen molar-refractivity contribution < 1.29 is 9.90 Å². The molecule has 1 saturated carbocycles. The van der Waals surface area contributed by atoms with Crippen LogP contribution in [0.25, 0.3) is 0 Å². The molecule has 0 aromatic heterocycles. The number of nitrogens with zero attached hydrogens (tertiary/aromatic N) is 1. The predicted molar refractivity (Wildman–Crippen MR) is 84.3 cm³/mol. The fourth-order valence-corrected chi connectivity index (χ4v) is 3.73. The number of hydrogen-bond donors (Lipinski definition) is 1. The summed E-state index contributed by atoms with van der Waals surface area (Å²) in [5.74, 6) is 0.939. The molecule has 1 amide bonds. The molecule has 3 nitrogen and oxygen atoms in total. The van der Waals surface area contributed by atoms with Crippen molar-refractivity contribution in [3.63, 3.8) is 0 Å². The van der Waals surface area contributed by atoms with Crippen LogP contribution in [0.15, 0.2) is 18.2 Å². The van der Waals surface area contributed by atoms with Gasteiger partial charge in [-0.1, -0.05) is 44.2 Å². The Kier molecular flexibility index (Phi) is 4.29. The second-order valence-electron chi connectivity index (χ2n) is 6.61. The molecule has 2 aliphatic rings. The van der Waals surface area contributed by atoms with E-state index in [0.29, 0.717) is 6.42 Å². The Morgan fingerprint density at radius 1 is 1.29 bits per heavy atom. The lowest BCUT2D eigenvalue weighted by Crippen LogP contribution is -2.20. The molecule has 3 rings (SSSR count). The summed E-state index contributed by atoms with van der Waals surface area (Å²) >= 11 is 0. The highest BCUT2D eigenvalue weighted by atomic mass is 16.3. The zero-order valence-electron chi connectivity index (χ0n) is 12.8. The number of anilines is 1. The summed E-state index contributed by atoms with van der Waals surface area (Å²) in [6.07, 6.45) is 8.79. The third-order valence-corrected chi connectivity index (χ3v) is 5.14. The van der Waals surface area contributed by atoms with Crippen molar-refractivity contribution in [2.24, 2.45) is 5.92 Å². The molecule has 0 bridgehead atoms. The summed E-state index contributed by atoms with van der Waals surface area (Å²) in [6.45, 7) is 0. The maximum atomic E-state index is 11.7. The Bertz CT molecular complexity index is 520. The van der Waals surface area contributed by atoms with E-state index in [9.17, 15) is 9.90 Å². The molecule has 1 aromatic rings. The van der Waals surface area contributed by atoms with Crippen molar-refractivity contribution in [3.8, 4) is 0 Å². The van der Waals surface area contributed by atoms with Gasteiger partial charge in [-0.15, -0.1) is 0 Å².